The van der Waals surface area contributed by atoms with E-state index in [4.69, 9.17) is 9.47 Å². The zero-order valence-corrected chi connectivity index (χ0v) is 12.3. The summed E-state index contributed by atoms with van der Waals surface area (Å²) >= 11 is 0. The van der Waals surface area contributed by atoms with Crippen LogP contribution in [0, 0.1) is 5.41 Å². The van der Waals surface area contributed by atoms with Gasteiger partial charge in [-0.15, -0.1) is 0 Å². The Morgan fingerprint density at radius 2 is 2.21 bits per heavy atom. The second-order valence-corrected chi connectivity index (χ2v) is 6.73. The van der Waals surface area contributed by atoms with Gasteiger partial charge in [0.2, 0.25) is 0 Å². The summed E-state index contributed by atoms with van der Waals surface area (Å²) in [6, 6.07) is 0. The standard InChI is InChI=1S/C14H26N2O3/c1-13(2,3)19-12(17)16-7-8-18-11-14(10-16)5-4-6-15-9-14/h15H,4-11H2,1-3H3/t14-/m0/s1. The Balaban J connectivity index is 2.01. The quantitative estimate of drug-likeness (QED) is 0.727. The fourth-order valence-electron chi connectivity index (χ4n) is 2.76. The van der Waals surface area contributed by atoms with Crippen molar-refractivity contribution >= 4 is 6.09 Å². The van der Waals surface area contributed by atoms with Crippen LogP contribution in [0.3, 0.4) is 0 Å². The van der Waals surface area contributed by atoms with Crippen LogP contribution in [0.25, 0.3) is 0 Å². The Morgan fingerprint density at radius 1 is 1.42 bits per heavy atom. The number of carbonyl (C=O) groups excluding carboxylic acids is 1. The van der Waals surface area contributed by atoms with Crippen LogP contribution in [0.1, 0.15) is 33.6 Å². The average Bonchev–Trinajstić information content (AvgIpc) is 2.51. The van der Waals surface area contributed by atoms with Gasteiger partial charge in [0.1, 0.15) is 5.60 Å². The Kier molecular flexibility index (Phi) is 4.36. The number of hydrogen-bond donors (Lipinski definition) is 1. The van der Waals surface area contributed by atoms with Crippen LogP contribution in [0.15, 0.2) is 0 Å². The molecule has 1 amide bonds. The van der Waals surface area contributed by atoms with Crippen molar-refractivity contribution in [3.8, 4) is 0 Å². The number of piperidine rings is 1. The van der Waals surface area contributed by atoms with Crippen molar-refractivity contribution < 1.29 is 14.3 Å². The van der Waals surface area contributed by atoms with Gasteiger partial charge in [-0.05, 0) is 40.2 Å². The number of hydrogen-bond acceptors (Lipinski definition) is 4. The molecule has 0 radical (unpaired) electrons. The van der Waals surface area contributed by atoms with Gasteiger partial charge in [-0.2, -0.15) is 0 Å². The van der Waals surface area contributed by atoms with Gasteiger partial charge in [0.05, 0.1) is 13.2 Å². The summed E-state index contributed by atoms with van der Waals surface area (Å²) in [5.41, 5.74) is -0.381. The van der Waals surface area contributed by atoms with Gasteiger partial charge in [0.15, 0.2) is 0 Å². The van der Waals surface area contributed by atoms with Crippen LogP contribution in [-0.4, -0.2) is 56.0 Å². The van der Waals surface area contributed by atoms with E-state index in [1.807, 2.05) is 25.7 Å². The van der Waals surface area contributed by atoms with Crippen molar-refractivity contribution in [2.24, 2.45) is 5.41 Å². The number of rotatable bonds is 0. The van der Waals surface area contributed by atoms with Crippen LogP contribution >= 0.6 is 0 Å². The van der Waals surface area contributed by atoms with Gasteiger partial charge in [0.25, 0.3) is 0 Å². The Morgan fingerprint density at radius 3 is 2.84 bits per heavy atom. The Labute approximate surface area is 115 Å². The molecule has 2 aliphatic rings. The van der Waals surface area contributed by atoms with E-state index in [0.29, 0.717) is 13.2 Å². The highest BCUT2D eigenvalue weighted by molar-refractivity contribution is 5.68. The lowest BCUT2D eigenvalue weighted by Crippen LogP contribution is -2.50. The van der Waals surface area contributed by atoms with E-state index < -0.39 is 5.60 Å². The molecule has 1 atom stereocenters. The first-order valence-electron chi connectivity index (χ1n) is 7.17. The normalized spacial score (nSPS) is 29.1. The monoisotopic (exact) mass is 270 g/mol. The van der Waals surface area contributed by atoms with Gasteiger partial charge in [0, 0.05) is 25.0 Å². The van der Waals surface area contributed by atoms with Gasteiger partial charge in [-0.3, -0.25) is 0 Å². The number of amides is 1. The zero-order chi connectivity index (χ0) is 13.9. The van der Waals surface area contributed by atoms with Crippen molar-refractivity contribution in [1.29, 1.82) is 0 Å². The highest BCUT2D eigenvalue weighted by Crippen LogP contribution is 2.30. The summed E-state index contributed by atoms with van der Waals surface area (Å²) < 4.78 is 11.2. The third kappa shape index (κ3) is 4.08. The second kappa shape index (κ2) is 5.67. The minimum absolute atomic E-state index is 0.0612. The van der Waals surface area contributed by atoms with E-state index >= 15 is 0 Å². The maximum Gasteiger partial charge on any atom is 0.410 e. The van der Waals surface area contributed by atoms with E-state index in [1.165, 1.54) is 0 Å². The third-order valence-electron chi connectivity index (χ3n) is 3.65. The maximum absolute atomic E-state index is 12.2. The fourth-order valence-corrected chi connectivity index (χ4v) is 2.76. The number of ether oxygens (including phenoxy) is 2. The van der Waals surface area contributed by atoms with E-state index in [1.54, 1.807) is 0 Å². The molecular weight excluding hydrogens is 244 g/mol. The van der Waals surface area contributed by atoms with E-state index in [2.05, 4.69) is 5.32 Å². The minimum Gasteiger partial charge on any atom is -0.444 e. The molecule has 0 unspecified atom stereocenters. The van der Waals surface area contributed by atoms with Crippen LogP contribution in [0.4, 0.5) is 4.79 Å². The van der Waals surface area contributed by atoms with Crippen LogP contribution in [-0.2, 0) is 9.47 Å². The highest BCUT2D eigenvalue weighted by atomic mass is 16.6. The van der Waals surface area contributed by atoms with Crippen LogP contribution < -0.4 is 5.32 Å². The lowest BCUT2D eigenvalue weighted by atomic mass is 9.81. The van der Waals surface area contributed by atoms with Crippen molar-refractivity contribution in [1.82, 2.24) is 10.2 Å². The number of nitrogens with zero attached hydrogens (tertiary/aromatic N) is 1. The molecule has 0 aromatic heterocycles. The van der Waals surface area contributed by atoms with E-state index in [-0.39, 0.29) is 11.5 Å². The topological polar surface area (TPSA) is 50.8 Å². The van der Waals surface area contributed by atoms with Crippen molar-refractivity contribution in [3.05, 3.63) is 0 Å². The Hall–Kier alpha value is -0.810. The molecule has 2 aliphatic heterocycles. The predicted molar refractivity (Wildman–Crippen MR) is 73.2 cm³/mol. The number of carbonyl (C=O) groups is 1. The third-order valence-corrected chi connectivity index (χ3v) is 3.65. The first-order chi connectivity index (χ1) is 8.90. The van der Waals surface area contributed by atoms with Crippen LogP contribution in [0.5, 0.6) is 0 Å². The predicted octanol–water partition coefficient (Wildman–Crippen LogP) is 1.62. The average molecular weight is 270 g/mol. The van der Waals surface area contributed by atoms with Gasteiger partial charge in [-0.25, -0.2) is 4.79 Å². The molecule has 19 heavy (non-hydrogen) atoms. The molecule has 2 fully saturated rings. The summed E-state index contributed by atoms with van der Waals surface area (Å²) in [5, 5.41) is 3.42. The van der Waals surface area contributed by atoms with Crippen LogP contribution in [0.2, 0.25) is 0 Å². The van der Waals surface area contributed by atoms with E-state index in [0.717, 1.165) is 39.1 Å². The lowest BCUT2D eigenvalue weighted by Gasteiger charge is -2.39. The van der Waals surface area contributed by atoms with Crippen molar-refractivity contribution in [2.75, 3.05) is 39.4 Å². The molecule has 5 heteroatoms. The molecule has 0 aromatic carbocycles. The van der Waals surface area contributed by atoms with Crippen molar-refractivity contribution in [2.45, 2.75) is 39.2 Å². The maximum atomic E-state index is 12.2. The molecule has 0 aliphatic carbocycles. The first kappa shape index (κ1) is 14.6. The molecule has 2 heterocycles. The molecule has 0 saturated carbocycles. The lowest BCUT2D eigenvalue weighted by molar-refractivity contribution is 0.0156. The number of nitrogens with one attached hydrogen (secondary N) is 1. The highest BCUT2D eigenvalue weighted by Gasteiger charge is 2.38. The molecule has 0 aromatic rings. The zero-order valence-electron chi connectivity index (χ0n) is 12.3. The van der Waals surface area contributed by atoms with Crippen molar-refractivity contribution in [3.63, 3.8) is 0 Å². The van der Waals surface area contributed by atoms with Gasteiger partial charge >= 0.3 is 6.09 Å². The summed E-state index contributed by atoms with van der Waals surface area (Å²) in [6.07, 6.45) is 2.04. The summed E-state index contributed by atoms with van der Waals surface area (Å²) in [5.74, 6) is 0. The molecule has 2 rings (SSSR count). The van der Waals surface area contributed by atoms with Gasteiger partial charge < -0.3 is 19.7 Å². The summed E-state index contributed by atoms with van der Waals surface area (Å²) in [4.78, 5) is 14.0. The smallest absolute Gasteiger partial charge is 0.410 e. The first-order valence-corrected chi connectivity index (χ1v) is 7.17. The molecule has 2 saturated heterocycles. The van der Waals surface area contributed by atoms with E-state index in [9.17, 15) is 4.79 Å². The molecule has 0 bridgehead atoms. The molecule has 5 nitrogen and oxygen atoms in total. The largest absolute Gasteiger partial charge is 0.444 e. The summed E-state index contributed by atoms with van der Waals surface area (Å²) in [6.45, 7) is 10.4. The minimum atomic E-state index is -0.442. The molecule has 1 N–H and O–H groups in total. The fraction of sp³-hybridized carbons (Fsp3) is 0.929. The molecular formula is C14H26N2O3. The molecule has 1 spiro atoms. The molecule has 110 valence electrons. The Bertz CT molecular complexity index is 319. The summed E-state index contributed by atoms with van der Waals surface area (Å²) in [7, 11) is 0. The second-order valence-electron chi connectivity index (χ2n) is 6.73. The SMILES string of the molecule is CC(C)(C)OC(=O)N1CCOC[C@]2(CCCNC2)C1. The van der Waals surface area contributed by atoms with Gasteiger partial charge in [-0.1, -0.05) is 0 Å².